The van der Waals surface area contributed by atoms with E-state index in [9.17, 15) is 9.59 Å². The predicted octanol–water partition coefficient (Wildman–Crippen LogP) is 3.12. The average molecular weight is 240 g/mol. The van der Waals surface area contributed by atoms with E-state index in [-0.39, 0.29) is 11.8 Å². The van der Waals surface area contributed by atoms with Crippen molar-refractivity contribution in [3.05, 3.63) is 0 Å². The molecule has 1 aliphatic rings. The summed E-state index contributed by atoms with van der Waals surface area (Å²) in [7, 11) is 0. The predicted molar refractivity (Wildman–Crippen MR) is 66.6 cm³/mol. The molecule has 2 unspecified atom stereocenters. The topological polar surface area (TPSA) is 43.4 Å². The first-order valence-electron chi connectivity index (χ1n) is 6.88. The maximum absolute atomic E-state index is 11.9. The van der Waals surface area contributed by atoms with Crippen molar-refractivity contribution >= 4 is 11.8 Å². The van der Waals surface area contributed by atoms with Crippen LogP contribution in [-0.4, -0.2) is 18.4 Å². The number of hydrogen-bond acceptors (Lipinski definition) is 3. The van der Waals surface area contributed by atoms with E-state index in [0.717, 1.165) is 12.8 Å². The van der Waals surface area contributed by atoms with Crippen LogP contribution in [0.15, 0.2) is 0 Å². The number of carbonyl (C=O) groups is 2. The van der Waals surface area contributed by atoms with Gasteiger partial charge in [-0.1, -0.05) is 32.6 Å². The van der Waals surface area contributed by atoms with Crippen molar-refractivity contribution in [1.82, 2.24) is 0 Å². The lowest BCUT2D eigenvalue weighted by atomic mass is 9.79. The van der Waals surface area contributed by atoms with Gasteiger partial charge < -0.3 is 4.74 Å². The average Bonchev–Trinajstić information content (AvgIpc) is 2.29. The first-order valence-corrected chi connectivity index (χ1v) is 6.88. The van der Waals surface area contributed by atoms with Gasteiger partial charge in [-0.05, 0) is 25.7 Å². The van der Waals surface area contributed by atoms with Crippen molar-refractivity contribution in [2.24, 2.45) is 11.8 Å². The van der Waals surface area contributed by atoms with E-state index in [4.69, 9.17) is 4.74 Å². The van der Waals surface area contributed by atoms with Gasteiger partial charge in [-0.3, -0.25) is 9.59 Å². The zero-order valence-corrected chi connectivity index (χ0v) is 11.0. The zero-order chi connectivity index (χ0) is 12.7. The molecule has 0 bridgehead atoms. The molecule has 0 radical (unpaired) electrons. The molecule has 0 aromatic carbocycles. The maximum atomic E-state index is 11.9. The fourth-order valence-electron chi connectivity index (χ4n) is 2.51. The summed E-state index contributed by atoms with van der Waals surface area (Å²) in [5.41, 5.74) is 0. The second-order valence-electron chi connectivity index (χ2n) is 4.91. The molecule has 0 saturated heterocycles. The number of esters is 1. The lowest BCUT2D eigenvalue weighted by Crippen LogP contribution is -2.32. The molecule has 3 nitrogen and oxygen atoms in total. The molecule has 0 aromatic rings. The minimum Gasteiger partial charge on any atom is -0.465 e. The smallest absolute Gasteiger partial charge is 0.316 e. The zero-order valence-electron chi connectivity index (χ0n) is 11.0. The number of rotatable bonds is 6. The highest BCUT2D eigenvalue weighted by atomic mass is 16.5. The molecule has 0 aliphatic heterocycles. The molecule has 98 valence electrons. The van der Waals surface area contributed by atoms with Crippen LogP contribution in [0.4, 0.5) is 0 Å². The van der Waals surface area contributed by atoms with Gasteiger partial charge in [0.25, 0.3) is 0 Å². The second kappa shape index (κ2) is 7.46. The quantitative estimate of drug-likeness (QED) is 0.407. The molecule has 1 rings (SSSR count). The minimum absolute atomic E-state index is 0.0937. The first kappa shape index (κ1) is 14.2. The Hall–Kier alpha value is -0.860. The Labute approximate surface area is 104 Å². The monoisotopic (exact) mass is 240 g/mol. The molecule has 3 heteroatoms. The lowest BCUT2D eigenvalue weighted by molar-refractivity contribution is -0.153. The van der Waals surface area contributed by atoms with E-state index in [2.05, 4.69) is 6.92 Å². The summed E-state index contributed by atoms with van der Waals surface area (Å²) in [5, 5.41) is 0. The van der Waals surface area contributed by atoms with Crippen molar-refractivity contribution in [1.29, 1.82) is 0 Å². The first-order chi connectivity index (χ1) is 8.19. The van der Waals surface area contributed by atoms with Crippen molar-refractivity contribution in [2.45, 2.75) is 58.8 Å². The number of hydrogen-bond donors (Lipinski definition) is 0. The summed E-state index contributed by atoms with van der Waals surface area (Å²) >= 11 is 0. The van der Waals surface area contributed by atoms with E-state index in [1.807, 2.05) is 0 Å². The fourth-order valence-corrected chi connectivity index (χ4v) is 2.51. The van der Waals surface area contributed by atoms with Gasteiger partial charge in [0.05, 0.1) is 6.61 Å². The molecule has 0 spiro atoms. The van der Waals surface area contributed by atoms with Gasteiger partial charge in [0.2, 0.25) is 0 Å². The molecule has 0 amide bonds. The number of ether oxygens (including phenoxy) is 1. The SMILES string of the molecule is CCCCCC1CCC(C(=O)OCC)C(=O)C1. The second-order valence-corrected chi connectivity index (χ2v) is 4.91. The molecule has 1 fully saturated rings. The number of carbonyl (C=O) groups excluding carboxylic acids is 2. The number of ketones is 1. The highest BCUT2D eigenvalue weighted by molar-refractivity contribution is 5.99. The summed E-state index contributed by atoms with van der Waals surface area (Å²) in [5.74, 6) is -0.196. The highest BCUT2D eigenvalue weighted by Crippen LogP contribution is 2.30. The van der Waals surface area contributed by atoms with Crippen LogP contribution in [0, 0.1) is 11.8 Å². The molecule has 1 aliphatic carbocycles. The standard InChI is InChI=1S/C14H24O3/c1-3-5-6-7-11-8-9-12(13(15)10-11)14(16)17-4-2/h11-12H,3-10H2,1-2H3. The summed E-state index contributed by atoms with van der Waals surface area (Å²) in [6.07, 6.45) is 7.06. The number of unbranched alkanes of at least 4 members (excludes halogenated alkanes) is 2. The Balaban J connectivity index is 2.34. The number of Topliss-reactive ketones (excluding diaryl/α,β-unsaturated/α-hetero) is 1. The summed E-state index contributed by atoms with van der Waals surface area (Å²) in [6.45, 7) is 4.32. The van der Waals surface area contributed by atoms with Crippen LogP contribution in [0.5, 0.6) is 0 Å². The Morgan fingerprint density at radius 3 is 2.65 bits per heavy atom. The molecule has 2 atom stereocenters. The molecule has 17 heavy (non-hydrogen) atoms. The third-order valence-electron chi connectivity index (χ3n) is 3.53. The van der Waals surface area contributed by atoms with Gasteiger partial charge in [-0.25, -0.2) is 0 Å². The van der Waals surface area contributed by atoms with E-state index < -0.39 is 5.92 Å². The van der Waals surface area contributed by atoms with Gasteiger partial charge in [0.1, 0.15) is 11.7 Å². The normalized spacial score (nSPS) is 24.7. The van der Waals surface area contributed by atoms with Crippen molar-refractivity contribution in [3.63, 3.8) is 0 Å². The molecule has 0 N–H and O–H groups in total. The maximum Gasteiger partial charge on any atom is 0.316 e. The van der Waals surface area contributed by atoms with Crippen LogP contribution in [-0.2, 0) is 14.3 Å². The Bertz CT molecular complexity index is 260. The van der Waals surface area contributed by atoms with Gasteiger partial charge in [-0.2, -0.15) is 0 Å². The van der Waals surface area contributed by atoms with Gasteiger partial charge in [0.15, 0.2) is 0 Å². The van der Waals surface area contributed by atoms with Crippen molar-refractivity contribution in [3.8, 4) is 0 Å². The van der Waals surface area contributed by atoms with Crippen molar-refractivity contribution in [2.75, 3.05) is 6.61 Å². The Kier molecular flexibility index (Phi) is 6.23. The Morgan fingerprint density at radius 2 is 2.06 bits per heavy atom. The lowest BCUT2D eigenvalue weighted by Gasteiger charge is -2.26. The van der Waals surface area contributed by atoms with E-state index in [1.54, 1.807) is 6.92 Å². The van der Waals surface area contributed by atoms with E-state index in [0.29, 0.717) is 25.4 Å². The summed E-state index contributed by atoms with van der Waals surface area (Å²) in [4.78, 5) is 23.4. The third kappa shape index (κ3) is 4.49. The summed E-state index contributed by atoms with van der Waals surface area (Å²) < 4.78 is 4.93. The van der Waals surface area contributed by atoms with Gasteiger partial charge in [0, 0.05) is 6.42 Å². The molecule has 0 heterocycles. The van der Waals surface area contributed by atoms with Gasteiger partial charge in [-0.15, -0.1) is 0 Å². The van der Waals surface area contributed by atoms with E-state index >= 15 is 0 Å². The van der Waals surface area contributed by atoms with Crippen LogP contribution < -0.4 is 0 Å². The van der Waals surface area contributed by atoms with Crippen LogP contribution in [0.25, 0.3) is 0 Å². The largest absolute Gasteiger partial charge is 0.465 e. The molecule has 1 saturated carbocycles. The van der Waals surface area contributed by atoms with Crippen LogP contribution in [0.2, 0.25) is 0 Å². The molecule has 0 aromatic heterocycles. The van der Waals surface area contributed by atoms with Crippen LogP contribution in [0.1, 0.15) is 58.8 Å². The minimum atomic E-state index is -0.475. The third-order valence-corrected chi connectivity index (χ3v) is 3.53. The van der Waals surface area contributed by atoms with Crippen LogP contribution in [0.3, 0.4) is 0 Å². The van der Waals surface area contributed by atoms with Crippen molar-refractivity contribution < 1.29 is 14.3 Å². The summed E-state index contributed by atoms with van der Waals surface area (Å²) in [6, 6.07) is 0. The molecular formula is C14H24O3. The Morgan fingerprint density at radius 1 is 1.29 bits per heavy atom. The fraction of sp³-hybridized carbons (Fsp3) is 0.857. The van der Waals surface area contributed by atoms with Crippen LogP contribution >= 0.6 is 0 Å². The molecular weight excluding hydrogens is 216 g/mol. The van der Waals surface area contributed by atoms with E-state index in [1.165, 1.54) is 19.3 Å². The van der Waals surface area contributed by atoms with Gasteiger partial charge >= 0.3 is 5.97 Å². The highest BCUT2D eigenvalue weighted by Gasteiger charge is 2.33.